The molecule has 5 heteroatoms. The van der Waals surface area contributed by atoms with Gasteiger partial charge in [-0.2, -0.15) is 0 Å². The Balaban J connectivity index is 1.72. The van der Waals surface area contributed by atoms with Crippen molar-refractivity contribution in [1.29, 1.82) is 0 Å². The van der Waals surface area contributed by atoms with Crippen molar-refractivity contribution in [2.45, 2.75) is 38.6 Å². The van der Waals surface area contributed by atoms with Gasteiger partial charge in [0.25, 0.3) is 0 Å². The molecule has 1 aromatic carbocycles. The molecule has 0 radical (unpaired) electrons. The molecule has 0 aliphatic carbocycles. The van der Waals surface area contributed by atoms with E-state index in [1.54, 1.807) is 7.11 Å². The standard InChI is InChI=1S/C18H22N2O3/c1-3-14-12-17(23-19-14)16-8-5-9-20(16)18(21)11-13-6-4-7-15(10-13)22-2/h4,6-7,10,12,16H,3,5,8-9,11H2,1-2H3. The summed E-state index contributed by atoms with van der Waals surface area (Å²) in [7, 11) is 1.63. The van der Waals surface area contributed by atoms with Crippen LogP contribution in [0.15, 0.2) is 34.9 Å². The van der Waals surface area contributed by atoms with Crippen molar-refractivity contribution in [2.24, 2.45) is 0 Å². The maximum Gasteiger partial charge on any atom is 0.227 e. The smallest absolute Gasteiger partial charge is 0.227 e. The number of aryl methyl sites for hydroxylation is 1. The van der Waals surface area contributed by atoms with E-state index in [4.69, 9.17) is 9.26 Å². The summed E-state index contributed by atoms with van der Waals surface area (Å²) in [6, 6.07) is 9.64. The van der Waals surface area contributed by atoms with Gasteiger partial charge in [0.05, 0.1) is 25.3 Å². The summed E-state index contributed by atoms with van der Waals surface area (Å²) in [6.07, 6.45) is 3.15. The second-order valence-electron chi connectivity index (χ2n) is 5.85. The molecule has 0 N–H and O–H groups in total. The summed E-state index contributed by atoms with van der Waals surface area (Å²) < 4.78 is 10.7. The van der Waals surface area contributed by atoms with Crippen LogP contribution in [0, 0.1) is 0 Å². The van der Waals surface area contributed by atoms with Gasteiger partial charge >= 0.3 is 0 Å². The molecule has 1 amide bonds. The molecular weight excluding hydrogens is 292 g/mol. The quantitative estimate of drug-likeness (QED) is 0.850. The number of carbonyl (C=O) groups excluding carboxylic acids is 1. The SMILES string of the molecule is CCc1cc(C2CCCN2C(=O)Cc2cccc(OC)c2)on1. The molecular formula is C18H22N2O3. The predicted molar refractivity (Wildman–Crippen MR) is 86.3 cm³/mol. The van der Waals surface area contributed by atoms with Gasteiger partial charge in [0.2, 0.25) is 5.91 Å². The summed E-state index contributed by atoms with van der Waals surface area (Å²) >= 11 is 0. The van der Waals surface area contributed by atoms with Gasteiger partial charge < -0.3 is 14.2 Å². The van der Waals surface area contributed by atoms with Crippen LogP contribution in [-0.4, -0.2) is 29.6 Å². The van der Waals surface area contributed by atoms with E-state index >= 15 is 0 Å². The van der Waals surface area contributed by atoms with Crippen molar-refractivity contribution in [1.82, 2.24) is 10.1 Å². The molecule has 3 rings (SSSR count). The minimum absolute atomic E-state index is 0.0147. The zero-order valence-electron chi connectivity index (χ0n) is 13.6. The number of hydrogen-bond acceptors (Lipinski definition) is 4. The van der Waals surface area contributed by atoms with Gasteiger partial charge in [0, 0.05) is 12.6 Å². The van der Waals surface area contributed by atoms with Crippen LogP contribution in [0.1, 0.15) is 42.8 Å². The van der Waals surface area contributed by atoms with Crippen molar-refractivity contribution >= 4 is 5.91 Å². The Morgan fingerprint density at radius 2 is 2.30 bits per heavy atom. The highest BCUT2D eigenvalue weighted by Gasteiger charge is 2.32. The number of rotatable bonds is 5. The Morgan fingerprint density at radius 3 is 3.04 bits per heavy atom. The van der Waals surface area contributed by atoms with Crippen molar-refractivity contribution < 1.29 is 14.1 Å². The highest BCUT2D eigenvalue weighted by atomic mass is 16.5. The van der Waals surface area contributed by atoms with Crippen LogP contribution < -0.4 is 4.74 Å². The van der Waals surface area contributed by atoms with Gasteiger partial charge in [-0.3, -0.25) is 4.79 Å². The van der Waals surface area contributed by atoms with Crippen LogP contribution in [0.25, 0.3) is 0 Å². The summed E-state index contributed by atoms with van der Waals surface area (Å²) in [6.45, 7) is 2.82. The fraction of sp³-hybridized carbons (Fsp3) is 0.444. The Morgan fingerprint density at radius 1 is 1.43 bits per heavy atom. The molecule has 1 aliphatic heterocycles. The van der Waals surface area contributed by atoms with E-state index in [9.17, 15) is 4.79 Å². The lowest BCUT2D eigenvalue weighted by Gasteiger charge is -2.22. The maximum atomic E-state index is 12.7. The first kappa shape index (κ1) is 15.6. The van der Waals surface area contributed by atoms with Gasteiger partial charge in [0.1, 0.15) is 5.75 Å². The van der Waals surface area contributed by atoms with E-state index < -0.39 is 0 Å². The molecule has 2 aromatic rings. The fourth-order valence-electron chi connectivity index (χ4n) is 3.07. The van der Waals surface area contributed by atoms with Crippen LogP contribution in [0.3, 0.4) is 0 Å². The molecule has 23 heavy (non-hydrogen) atoms. The summed E-state index contributed by atoms with van der Waals surface area (Å²) in [5.41, 5.74) is 1.90. The highest BCUT2D eigenvalue weighted by Crippen LogP contribution is 2.33. The topological polar surface area (TPSA) is 55.6 Å². The molecule has 1 saturated heterocycles. The minimum Gasteiger partial charge on any atom is -0.497 e. The van der Waals surface area contributed by atoms with Crippen molar-refractivity contribution in [3.8, 4) is 5.75 Å². The second kappa shape index (κ2) is 6.86. The van der Waals surface area contributed by atoms with E-state index in [0.29, 0.717) is 6.42 Å². The number of methoxy groups -OCH3 is 1. The van der Waals surface area contributed by atoms with Gasteiger partial charge in [-0.15, -0.1) is 0 Å². The van der Waals surface area contributed by atoms with Gasteiger partial charge in [-0.05, 0) is 37.0 Å². The van der Waals surface area contributed by atoms with Crippen molar-refractivity contribution in [2.75, 3.05) is 13.7 Å². The molecule has 0 saturated carbocycles. The first-order valence-corrected chi connectivity index (χ1v) is 8.09. The minimum atomic E-state index is 0.0147. The molecule has 1 unspecified atom stereocenters. The molecule has 1 aliphatic rings. The van der Waals surface area contributed by atoms with Crippen LogP contribution in [0.2, 0.25) is 0 Å². The number of nitrogens with zero attached hydrogens (tertiary/aromatic N) is 2. The average molecular weight is 314 g/mol. The van der Waals surface area contributed by atoms with E-state index in [2.05, 4.69) is 5.16 Å². The largest absolute Gasteiger partial charge is 0.497 e. The van der Waals surface area contributed by atoms with Crippen molar-refractivity contribution in [3.63, 3.8) is 0 Å². The zero-order valence-corrected chi connectivity index (χ0v) is 13.6. The maximum absolute atomic E-state index is 12.7. The van der Waals surface area contributed by atoms with Crippen molar-refractivity contribution in [3.05, 3.63) is 47.3 Å². The number of carbonyl (C=O) groups is 1. The molecule has 2 heterocycles. The molecule has 122 valence electrons. The molecule has 5 nitrogen and oxygen atoms in total. The van der Waals surface area contributed by atoms with E-state index in [1.807, 2.05) is 42.2 Å². The first-order chi connectivity index (χ1) is 11.2. The van der Waals surface area contributed by atoms with Crippen LogP contribution >= 0.6 is 0 Å². The van der Waals surface area contributed by atoms with E-state index in [1.165, 1.54) is 0 Å². The number of hydrogen-bond donors (Lipinski definition) is 0. The lowest BCUT2D eigenvalue weighted by molar-refractivity contribution is -0.131. The third-order valence-electron chi connectivity index (χ3n) is 4.33. The Bertz CT molecular complexity index is 680. The third kappa shape index (κ3) is 3.38. The third-order valence-corrected chi connectivity index (χ3v) is 4.33. The molecule has 0 bridgehead atoms. The monoisotopic (exact) mass is 314 g/mol. The van der Waals surface area contributed by atoms with Gasteiger partial charge in [0.15, 0.2) is 5.76 Å². The predicted octanol–water partition coefficient (Wildman–Crippen LogP) is 3.15. The second-order valence-corrected chi connectivity index (χ2v) is 5.85. The molecule has 1 atom stereocenters. The number of ether oxygens (including phenoxy) is 1. The fourth-order valence-corrected chi connectivity index (χ4v) is 3.07. The lowest BCUT2D eigenvalue weighted by Crippen LogP contribution is -2.31. The van der Waals surface area contributed by atoms with E-state index in [-0.39, 0.29) is 11.9 Å². The number of aromatic nitrogens is 1. The van der Waals surface area contributed by atoms with Crippen LogP contribution in [-0.2, 0) is 17.6 Å². The average Bonchev–Trinajstić information content (AvgIpc) is 3.23. The van der Waals surface area contributed by atoms with Gasteiger partial charge in [-0.1, -0.05) is 24.2 Å². The summed E-state index contributed by atoms with van der Waals surface area (Å²) in [5, 5.41) is 4.05. The normalized spacial score (nSPS) is 17.5. The number of benzene rings is 1. The number of amides is 1. The van der Waals surface area contributed by atoms with E-state index in [0.717, 1.165) is 48.6 Å². The summed E-state index contributed by atoms with van der Waals surface area (Å²) in [5.74, 6) is 1.70. The Hall–Kier alpha value is -2.30. The first-order valence-electron chi connectivity index (χ1n) is 8.09. The lowest BCUT2D eigenvalue weighted by atomic mass is 10.1. The molecule has 0 spiro atoms. The number of likely N-dealkylation sites (tertiary alicyclic amines) is 1. The zero-order chi connectivity index (χ0) is 16.2. The summed E-state index contributed by atoms with van der Waals surface area (Å²) in [4.78, 5) is 14.6. The molecule has 1 fully saturated rings. The molecule has 1 aromatic heterocycles. The van der Waals surface area contributed by atoms with Crippen LogP contribution in [0.5, 0.6) is 5.75 Å². The van der Waals surface area contributed by atoms with Gasteiger partial charge in [-0.25, -0.2) is 0 Å². The van der Waals surface area contributed by atoms with Crippen LogP contribution in [0.4, 0.5) is 0 Å². The Labute approximate surface area is 136 Å². The highest BCUT2D eigenvalue weighted by molar-refractivity contribution is 5.79. The Kier molecular flexibility index (Phi) is 4.65.